The van der Waals surface area contributed by atoms with Crippen molar-refractivity contribution in [3.63, 3.8) is 0 Å². The average molecular weight is 551 g/mol. The standard InChI is InChI=1S/C24H30FN5O.HI/c1-17-3-5-20-19(16-28-22(20)13-17)7-8-27-24(26-2)29-15-18-4-6-23(21(25)14-18)30-9-11-31-12-10-30;/h3-6,13-14,16,28H,7-12,15H2,1-2H3,(H2,26,27,29);1H. The highest BCUT2D eigenvalue weighted by molar-refractivity contribution is 14.0. The van der Waals surface area contributed by atoms with Gasteiger partial charge < -0.3 is 25.3 Å². The van der Waals surface area contributed by atoms with Gasteiger partial charge in [0.05, 0.1) is 18.9 Å². The Balaban J connectivity index is 0.00000289. The number of anilines is 1. The second-order valence-corrected chi connectivity index (χ2v) is 7.85. The number of ether oxygens (including phenoxy) is 1. The number of H-pyrrole nitrogens is 1. The number of benzene rings is 2. The molecule has 0 spiro atoms. The largest absolute Gasteiger partial charge is 0.378 e. The first-order chi connectivity index (χ1) is 15.1. The summed E-state index contributed by atoms with van der Waals surface area (Å²) in [7, 11) is 1.74. The van der Waals surface area contributed by atoms with Gasteiger partial charge in [0.15, 0.2) is 5.96 Å². The number of halogens is 2. The number of aryl methyl sites for hydroxylation is 1. The lowest BCUT2D eigenvalue weighted by atomic mass is 10.1. The fourth-order valence-corrected chi connectivity index (χ4v) is 3.95. The zero-order valence-corrected chi connectivity index (χ0v) is 20.9. The summed E-state index contributed by atoms with van der Waals surface area (Å²) in [5, 5.41) is 7.86. The van der Waals surface area contributed by atoms with Gasteiger partial charge in [-0.15, -0.1) is 24.0 Å². The van der Waals surface area contributed by atoms with E-state index in [4.69, 9.17) is 4.74 Å². The predicted molar refractivity (Wildman–Crippen MR) is 140 cm³/mol. The van der Waals surface area contributed by atoms with Crippen LogP contribution in [0, 0.1) is 12.7 Å². The lowest BCUT2D eigenvalue weighted by Crippen LogP contribution is -2.38. The smallest absolute Gasteiger partial charge is 0.191 e. The first kappa shape index (κ1) is 24.3. The summed E-state index contributed by atoms with van der Waals surface area (Å²) in [6.45, 7) is 6.09. The minimum absolute atomic E-state index is 0. The number of aromatic nitrogens is 1. The maximum absolute atomic E-state index is 14.6. The van der Waals surface area contributed by atoms with E-state index in [0.29, 0.717) is 31.4 Å². The number of aliphatic imine (C=N–C) groups is 1. The van der Waals surface area contributed by atoms with Gasteiger partial charge in [0.1, 0.15) is 5.82 Å². The quantitative estimate of drug-likeness (QED) is 0.247. The van der Waals surface area contributed by atoms with E-state index >= 15 is 0 Å². The fourth-order valence-electron chi connectivity index (χ4n) is 3.95. The van der Waals surface area contributed by atoms with Gasteiger partial charge in [0.25, 0.3) is 0 Å². The summed E-state index contributed by atoms with van der Waals surface area (Å²) in [6.07, 6.45) is 2.95. The molecule has 32 heavy (non-hydrogen) atoms. The van der Waals surface area contributed by atoms with Crippen LogP contribution in [0.25, 0.3) is 10.9 Å². The van der Waals surface area contributed by atoms with Crippen molar-refractivity contribution in [1.29, 1.82) is 0 Å². The molecule has 2 aromatic carbocycles. The van der Waals surface area contributed by atoms with Crippen molar-refractivity contribution in [2.75, 3.05) is 44.8 Å². The normalized spacial score (nSPS) is 14.3. The molecule has 1 aliphatic rings. The number of hydrogen-bond donors (Lipinski definition) is 3. The first-order valence-electron chi connectivity index (χ1n) is 10.8. The number of nitrogens with one attached hydrogen (secondary N) is 3. The number of nitrogens with zero attached hydrogens (tertiary/aromatic N) is 2. The maximum Gasteiger partial charge on any atom is 0.191 e. The molecule has 0 saturated carbocycles. The third-order valence-corrected chi connectivity index (χ3v) is 5.66. The number of morpholine rings is 1. The molecule has 4 rings (SSSR count). The van der Waals surface area contributed by atoms with Crippen molar-refractivity contribution >= 4 is 46.5 Å². The first-order valence-corrected chi connectivity index (χ1v) is 10.8. The Labute approximate surface area is 205 Å². The highest BCUT2D eigenvalue weighted by Crippen LogP contribution is 2.22. The molecule has 172 valence electrons. The van der Waals surface area contributed by atoms with Crippen LogP contribution in [0.5, 0.6) is 0 Å². The van der Waals surface area contributed by atoms with Gasteiger partial charge >= 0.3 is 0 Å². The lowest BCUT2D eigenvalue weighted by molar-refractivity contribution is 0.122. The number of aromatic amines is 1. The lowest BCUT2D eigenvalue weighted by Gasteiger charge is -2.29. The van der Waals surface area contributed by atoms with Crippen molar-refractivity contribution in [3.05, 3.63) is 65.1 Å². The van der Waals surface area contributed by atoms with Gasteiger partial charge in [0, 0.05) is 50.3 Å². The Morgan fingerprint density at radius 1 is 1.16 bits per heavy atom. The Bertz CT molecular complexity index is 1060. The van der Waals surface area contributed by atoms with Crippen molar-refractivity contribution in [2.24, 2.45) is 4.99 Å². The van der Waals surface area contributed by atoms with Crippen LogP contribution < -0.4 is 15.5 Å². The van der Waals surface area contributed by atoms with Gasteiger partial charge in [-0.05, 0) is 48.2 Å². The van der Waals surface area contributed by atoms with E-state index in [9.17, 15) is 4.39 Å². The summed E-state index contributed by atoms with van der Waals surface area (Å²) in [5.74, 6) is 0.507. The maximum atomic E-state index is 14.6. The van der Waals surface area contributed by atoms with E-state index < -0.39 is 0 Å². The molecule has 0 radical (unpaired) electrons. The molecule has 3 N–H and O–H groups in total. The molecule has 0 bridgehead atoms. The summed E-state index contributed by atoms with van der Waals surface area (Å²) < 4.78 is 19.9. The van der Waals surface area contributed by atoms with Crippen LogP contribution in [0.4, 0.5) is 10.1 Å². The molecule has 1 aliphatic heterocycles. The van der Waals surface area contributed by atoms with E-state index in [1.807, 2.05) is 17.0 Å². The average Bonchev–Trinajstić information content (AvgIpc) is 3.18. The molecule has 3 aromatic rings. The van der Waals surface area contributed by atoms with E-state index in [1.165, 1.54) is 22.0 Å². The van der Waals surface area contributed by atoms with Crippen molar-refractivity contribution in [2.45, 2.75) is 19.9 Å². The Morgan fingerprint density at radius 2 is 1.97 bits per heavy atom. The van der Waals surface area contributed by atoms with Crippen LogP contribution in [0.3, 0.4) is 0 Å². The van der Waals surface area contributed by atoms with Crippen molar-refractivity contribution in [1.82, 2.24) is 15.6 Å². The number of guanidine groups is 1. The summed E-state index contributed by atoms with van der Waals surface area (Å²) in [4.78, 5) is 9.65. The Morgan fingerprint density at radius 3 is 2.72 bits per heavy atom. The van der Waals surface area contributed by atoms with Crippen LogP contribution in [0.2, 0.25) is 0 Å². The van der Waals surface area contributed by atoms with E-state index in [1.54, 1.807) is 13.1 Å². The molecule has 1 fully saturated rings. The molecule has 0 aliphatic carbocycles. The zero-order chi connectivity index (χ0) is 21.6. The van der Waals surface area contributed by atoms with Crippen LogP contribution >= 0.6 is 24.0 Å². The molecule has 0 unspecified atom stereocenters. The fraction of sp³-hybridized carbons (Fsp3) is 0.375. The molecule has 8 heteroatoms. The molecule has 1 aromatic heterocycles. The second-order valence-electron chi connectivity index (χ2n) is 7.85. The molecule has 2 heterocycles. The van der Waals surface area contributed by atoms with Crippen LogP contribution in [-0.2, 0) is 17.7 Å². The molecular weight excluding hydrogens is 520 g/mol. The molecule has 1 saturated heterocycles. The number of hydrogen-bond acceptors (Lipinski definition) is 3. The molecule has 0 atom stereocenters. The molecular formula is C24H31FIN5O. The zero-order valence-electron chi connectivity index (χ0n) is 18.6. The predicted octanol–water partition coefficient (Wildman–Crippen LogP) is 3.98. The van der Waals surface area contributed by atoms with Crippen molar-refractivity contribution in [3.8, 4) is 0 Å². The SMILES string of the molecule is CN=C(NCCc1c[nH]c2cc(C)ccc12)NCc1ccc(N2CCOCC2)c(F)c1.I. The Kier molecular flexibility index (Phi) is 8.75. The highest BCUT2D eigenvalue weighted by Gasteiger charge is 2.15. The number of rotatable bonds is 6. The van der Waals surface area contributed by atoms with Crippen molar-refractivity contribution < 1.29 is 9.13 Å². The van der Waals surface area contributed by atoms with Gasteiger partial charge in [-0.3, -0.25) is 4.99 Å². The van der Waals surface area contributed by atoms with Gasteiger partial charge in [-0.2, -0.15) is 0 Å². The third kappa shape index (κ3) is 5.92. The molecule has 0 amide bonds. The monoisotopic (exact) mass is 551 g/mol. The van der Waals surface area contributed by atoms with E-state index in [2.05, 4.69) is 51.9 Å². The van der Waals surface area contributed by atoms with Crippen LogP contribution in [0.1, 0.15) is 16.7 Å². The summed E-state index contributed by atoms with van der Waals surface area (Å²) in [5.41, 5.74) is 5.21. The minimum Gasteiger partial charge on any atom is -0.378 e. The minimum atomic E-state index is -0.196. The second kappa shape index (κ2) is 11.5. The van der Waals surface area contributed by atoms with Crippen LogP contribution in [0.15, 0.2) is 47.6 Å². The van der Waals surface area contributed by atoms with Gasteiger partial charge in [-0.25, -0.2) is 4.39 Å². The van der Waals surface area contributed by atoms with E-state index in [-0.39, 0.29) is 29.8 Å². The van der Waals surface area contributed by atoms with Gasteiger partial charge in [0.2, 0.25) is 0 Å². The highest BCUT2D eigenvalue weighted by atomic mass is 127. The topological polar surface area (TPSA) is 64.7 Å². The summed E-state index contributed by atoms with van der Waals surface area (Å²) in [6, 6.07) is 11.9. The summed E-state index contributed by atoms with van der Waals surface area (Å²) >= 11 is 0. The van der Waals surface area contributed by atoms with Gasteiger partial charge in [-0.1, -0.05) is 18.2 Å². The van der Waals surface area contributed by atoms with Crippen LogP contribution in [-0.4, -0.2) is 50.8 Å². The third-order valence-electron chi connectivity index (χ3n) is 5.66. The Hall–Kier alpha value is -2.33. The number of fused-ring (bicyclic) bond motifs is 1. The molecule has 6 nitrogen and oxygen atoms in total. The van der Waals surface area contributed by atoms with E-state index in [0.717, 1.165) is 31.6 Å².